The first-order valence-electron chi connectivity index (χ1n) is 13.9. The summed E-state index contributed by atoms with van der Waals surface area (Å²) in [5.74, 6) is 0.255. The summed E-state index contributed by atoms with van der Waals surface area (Å²) >= 11 is 0. The van der Waals surface area contributed by atoms with E-state index in [2.05, 4.69) is 15.0 Å². The highest BCUT2D eigenvalue weighted by atomic mass is 31.2. The van der Waals surface area contributed by atoms with E-state index in [-0.39, 0.29) is 5.82 Å². The van der Waals surface area contributed by atoms with Crippen LogP contribution in [0.5, 0.6) is 0 Å². The lowest BCUT2D eigenvalue weighted by molar-refractivity contribution is -0.0110. The summed E-state index contributed by atoms with van der Waals surface area (Å²) in [5.41, 5.74) is 6.83. The van der Waals surface area contributed by atoms with Crippen molar-refractivity contribution in [2.45, 2.75) is 73.0 Å². The van der Waals surface area contributed by atoms with Crippen LogP contribution in [-0.4, -0.2) is 93.7 Å². The van der Waals surface area contributed by atoms with Crippen molar-refractivity contribution in [3.05, 3.63) is 12.7 Å². The van der Waals surface area contributed by atoms with E-state index in [1.165, 1.54) is 16.1 Å². The van der Waals surface area contributed by atoms with Gasteiger partial charge in [-0.15, -0.1) is 0 Å². The number of amides is 2. The summed E-state index contributed by atoms with van der Waals surface area (Å²) in [7, 11) is -4.04. The van der Waals surface area contributed by atoms with Gasteiger partial charge in [0.05, 0.1) is 19.0 Å². The lowest BCUT2D eigenvalue weighted by Gasteiger charge is -2.24. The maximum absolute atomic E-state index is 13.5. The van der Waals surface area contributed by atoms with Gasteiger partial charge in [0.15, 0.2) is 11.5 Å². The highest BCUT2D eigenvalue weighted by molar-refractivity contribution is 7.53. The average Bonchev–Trinajstić information content (AvgIpc) is 3.35. The Morgan fingerprint density at radius 1 is 0.902 bits per heavy atom. The summed E-state index contributed by atoms with van der Waals surface area (Å²) < 4.78 is 42.2. The Labute approximate surface area is 241 Å². The molecule has 0 saturated carbocycles. The van der Waals surface area contributed by atoms with Gasteiger partial charge >= 0.3 is 19.8 Å². The number of nitrogens with zero attached hydrogens (tertiary/aromatic N) is 6. The zero-order chi connectivity index (χ0) is 30.3. The number of fused-ring (bicyclic) bond motifs is 1. The maximum Gasteiger partial charge on any atom is 0.411 e. The van der Waals surface area contributed by atoms with Crippen LogP contribution in [0.3, 0.4) is 0 Å². The molecular weight excluding hydrogens is 557 g/mol. The molecule has 0 bridgehead atoms. The first-order chi connectivity index (χ1) is 19.7. The van der Waals surface area contributed by atoms with Crippen LogP contribution in [0.1, 0.15) is 60.3 Å². The molecule has 0 spiro atoms. The fourth-order valence-corrected chi connectivity index (χ4v) is 4.94. The van der Waals surface area contributed by atoms with E-state index in [1.54, 1.807) is 17.8 Å². The largest absolute Gasteiger partial charge is 0.422 e. The minimum atomic E-state index is -4.04. The summed E-state index contributed by atoms with van der Waals surface area (Å²) in [6.07, 6.45) is 3.74. The van der Waals surface area contributed by atoms with Crippen LogP contribution in [0, 0.1) is 0 Å². The maximum atomic E-state index is 13.5. The summed E-state index contributed by atoms with van der Waals surface area (Å²) in [6.45, 7) is 10.6. The molecule has 232 valence electrons. The van der Waals surface area contributed by atoms with E-state index < -0.39 is 45.8 Å². The van der Waals surface area contributed by atoms with Crippen molar-refractivity contribution in [1.82, 2.24) is 29.3 Å². The molecule has 2 heterocycles. The van der Waals surface area contributed by atoms with Gasteiger partial charge in [-0.2, -0.15) is 0 Å². The van der Waals surface area contributed by atoms with Crippen LogP contribution in [-0.2, 0) is 34.4 Å². The van der Waals surface area contributed by atoms with Crippen molar-refractivity contribution in [3.8, 4) is 0 Å². The smallest absolute Gasteiger partial charge is 0.411 e. The SMILES string of the molecule is CCCN(CCC)C(=O)OCOP(=O)(CO[C@H](C)Cn1cnc2c(N)ncnc21)OCOC(=O)N(CCC)CCC. The third-order valence-electron chi connectivity index (χ3n) is 5.75. The second-order valence-electron chi connectivity index (χ2n) is 9.33. The minimum Gasteiger partial charge on any atom is -0.422 e. The van der Waals surface area contributed by atoms with Gasteiger partial charge in [-0.05, 0) is 32.6 Å². The molecule has 0 aliphatic rings. The molecule has 2 aromatic rings. The fourth-order valence-electron chi connectivity index (χ4n) is 3.86. The minimum absolute atomic E-state index is 0.255. The standard InChI is InChI=1S/C25H44N7O8P/c1-6-10-30(11-7-2)24(33)36-17-39-41(35,40-18-37-25(34)31(12-8-3)13-9-4)19-38-20(5)14-32-16-29-21-22(26)27-15-28-23(21)32/h15-16,20H,6-14,17-19H2,1-5H3,(H2,26,27,28)/t20-/m1/s1. The molecule has 0 fully saturated rings. The fraction of sp³-hybridized carbons (Fsp3) is 0.720. The van der Waals surface area contributed by atoms with E-state index in [4.69, 9.17) is 29.0 Å². The Bertz CT molecular complexity index is 1080. The molecule has 0 aromatic carbocycles. The number of imidazole rings is 1. The summed E-state index contributed by atoms with van der Waals surface area (Å²) in [5, 5.41) is 0. The van der Waals surface area contributed by atoms with Gasteiger partial charge in [0.2, 0.25) is 13.6 Å². The quantitative estimate of drug-likeness (QED) is 0.177. The van der Waals surface area contributed by atoms with E-state index in [0.29, 0.717) is 43.9 Å². The Balaban J connectivity index is 2.02. The predicted molar refractivity (Wildman–Crippen MR) is 152 cm³/mol. The summed E-state index contributed by atoms with van der Waals surface area (Å²) in [6, 6.07) is 0. The van der Waals surface area contributed by atoms with Gasteiger partial charge in [0.1, 0.15) is 18.2 Å². The first kappa shape index (κ1) is 34.2. The number of rotatable bonds is 19. The van der Waals surface area contributed by atoms with Crippen molar-refractivity contribution >= 4 is 36.8 Å². The normalized spacial score (nSPS) is 12.3. The molecule has 2 rings (SSSR count). The first-order valence-corrected chi connectivity index (χ1v) is 15.6. The molecule has 2 aromatic heterocycles. The van der Waals surface area contributed by atoms with Crippen LogP contribution in [0.2, 0.25) is 0 Å². The number of nitrogens with two attached hydrogens (primary N) is 1. The lowest BCUT2D eigenvalue weighted by atomic mass is 10.4. The van der Waals surface area contributed by atoms with E-state index in [1.807, 2.05) is 27.7 Å². The molecule has 0 radical (unpaired) electrons. The van der Waals surface area contributed by atoms with Crippen molar-refractivity contribution in [2.75, 3.05) is 51.8 Å². The topological polar surface area (TPSA) is 173 Å². The van der Waals surface area contributed by atoms with Gasteiger partial charge in [-0.25, -0.2) is 24.5 Å². The molecule has 0 aliphatic carbocycles. The predicted octanol–water partition coefficient (Wildman–Crippen LogP) is 4.43. The zero-order valence-corrected chi connectivity index (χ0v) is 25.6. The average molecular weight is 602 g/mol. The van der Waals surface area contributed by atoms with Crippen molar-refractivity contribution in [1.29, 1.82) is 0 Å². The number of ether oxygens (including phenoxy) is 3. The molecule has 1 atom stereocenters. The highest BCUT2D eigenvalue weighted by Crippen LogP contribution is 2.48. The molecule has 16 heteroatoms. The number of carbonyl (C=O) groups is 2. The highest BCUT2D eigenvalue weighted by Gasteiger charge is 2.29. The molecule has 0 unspecified atom stereocenters. The van der Waals surface area contributed by atoms with Crippen molar-refractivity contribution in [3.63, 3.8) is 0 Å². The third kappa shape index (κ3) is 11.1. The molecule has 15 nitrogen and oxygen atoms in total. The lowest BCUT2D eigenvalue weighted by Crippen LogP contribution is -2.34. The second kappa shape index (κ2) is 17.7. The van der Waals surface area contributed by atoms with Crippen molar-refractivity contribution in [2.24, 2.45) is 0 Å². The van der Waals surface area contributed by atoms with Crippen LogP contribution < -0.4 is 5.73 Å². The molecule has 41 heavy (non-hydrogen) atoms. The van der Waals surface area contributed by atoms with Gasteiger partial charge < -0.3 is 34.3 Å². The molecule has 2 amide bonds. The number of aromatic nitrogens is 4. The Morgan fingerprint density at radius 3 is 1.90 bits per heavy atom. The molecular formula is C25H44N7O8P. The van der Waals surface area contributed by atoms with E-state index in [9.17, 15) is 14.2 Å². The van der Waals surface area contributed by atoms with Crippen LogP contribution in [0.25, 0.3) is 11.2 Å². The third-order valence-corrected chi connectivity index (χ3v) is 7.22. The van der Waals surface area contributed by atoms with Gasteiger partial charge in [-0.3, -0.25) is 13.6 Å². The van der Waals surface area contributed by atoms with Gasteiger partial charge in [-0.1, -0.05) is 27.7 Å². The van der Waals surface area contributed by atoms with Gasteiger partial charge in [0.25, 0.3) is 0 Å². The Hall–Kier alpha value is -3.00. The summed E-state index contributed by atoms with van der Waals surface area (Å²) in [4.78, 5) is 40.3. The number of carbonyl (C=O) groups excluding carboxylic acids is 2. The number of anilines is 1. The van der Waals surface area contributed by atoms with Crippen LogP contribution >= 0.6 is 7.60 Å². The van der Waals surface area contributed by atoms with Crippen LogP contribution in [0.4, 0.5) is 15.4 Å². The van der Waals surface area contributed by atoms with E-state index >= 15 is 0 Å². The zero-order valence-electron chi connectivity index (χ0n) is 24.7. The van der Waals surface area contributed by atoms with Crippen LogP contribution in [0.15, 0.2) is 12.7 Å². The number of nitrogen functional groups attached to an aromatic ring is 1. The monoisotopic (exact) mass is 601 g/mol. The number of hydrogen-bond donors (Lipinski definition) is 1. The number of hydrogen-bond acceptors (Lipinski definition) is 12. The van der Waals surface area contributed by atoms with E-state index in [0.717, 1.165) is 25.7 Å². The molecule has 0 aliphatic heterocycles. The Morgan fingerprint density at radius 2 is 1.41 bits per heavy atom. The van der Waals surface area contributed by atoms with Gasteiger partial charge in [0, 0.05) is 26.2 Å². The molecule has 2 N–H and O–H groups in total. The molecule has 0 saturated heterocycles. The van der Waals surface area contributed by atoms with Crippen molar-refractivity contribution < 1.29 is 37.4 Å². The second-order valence-corrected chi connectivity index (χ2v) is 11.3. The Kier molecular flexibility index (Phi) is 14.8.